The summed E-state index contributed by atoms with van der Waals surface area (Å²) in [4.78, 5) is 17.6. The van der Waals surface area contributed by atoms with Gasteiger partial charge in [-0.2, -0.15) is 0 Å². The molecule has 1 fully saturated rings. The van der Waals surface area contributed by atoms with Crippen molar-refractivity contribution in [1.82, 2.24) is 4.98 Å². The first-order valence-electron chi connectivity index (χ1n) is 8.91. The molecule has 24 heavy (non-hydrogen) atoms. The molecule has 0 spiro atoms. The van der Waals surface area contributed by atoms with Crippen LogP contribution in [-0.4, -0.2) is 22.7 Å². The van der Waals surface area contributed by atoms with Gasteiger partial charge in [0.2, 0.25) is 0 Å². The van der Waals surface area contributed by atoms with E-state index >= 15 is 0 Å². The van der Waals surface area contributed by atoms with E-state index in [2.05, 4.69) is 36.4 Å². The summed E-state index contributed by atoms with van der Waals surface area (Å²) in [7, 11) is 0. The SMILES string of the molecule is CCOC(=O)c1c(C2CCCC2)nc2c(c1I)C(O)CC(C)(C)C2. The third-order valence-corrected chi connectivity index (χ3v) is 6.35. The van der Waals surface area contributed by atoms with E-state index in [1.807, 2.05) is 6.92 Å². The van der Waals surface area contributed by atoms with Gasteiger partial charge in [-0.1, -0.05) is 26.7 Å². The summed E-state index contributed by atoms with van der Waals surface area (Å²) >= 11 is 2.22. The van der Waals surface area contributed by atoms with Crippen molar-refractivity contribution >= 4 is 28.6 Å². The lowest BCUT2D eigenvalue weighted by Crippen LogP contribution is -2.29. The average Bonchev–Trinajstić information content (AvgIpc) is 2.98. The van der Waals surface area contributed by atoms with Gasteiger partial charge in [0.05, 0.1) is 24.0 Å². The highest BCUT2D eigenvalue weighted by Gasteiger charge is 2.38. The molecule has 0 saturated heterocycles. The average molecular weight is 443 g/mol. The van der Waals surface area contributed by atoms with E-state index in [0.717, 1.165) is 39.8 Å². The number of carbonyl (C=O) groups excluding carboxylic acids is 1. The van der Waals surface area contributed by atoms with Crippen molar-refractivity contribution in [2.45, 2.75) is 71.3 Å². The Morgan fingerprint density at radius 3 is 2.67 bits per heavy atom. The Kier molecular flexibility index (Phi) is 5.21. The second-order valence-electron chi connectivity index (χ2n) is 7.81. The number of halogens is 1. The third-order valence-electron chi connectivity index (χ3n) is 5.22. The molecule has 1 heterocycles. The van der Waals surface area contributed by atoms with E-state index in [1.165, 1.54) is 12.8 Å². The number of rotatable bonds is 3. The highest BCUT2D eigenvalue weighted by Crippen LogP contribution is 2.45. The van der Waals surface area contributed by atoms with E-state index in [0.29, 0.717) is 24.5 Å². The fourth-order valence-electron chi connectivity index (χ4n) is 4.15. The number of nitrogens with zero attached hydrogens (tertiary/aromatic N) is 1. The highest BCUT2D eigenvalue weighted by atomic mass is 127. The molecule has 132 valence electrons. The zero-order valence-electron chi connectivity index (χ0n) is 14.7. The summed E-state index contributed by atoms with van der Waals surface area (Å²) < 4.78 is 6.16. The summed E-state index contributed by atoms with van der Waals surface area (Å²) in [5.41, 5.74) is 3.35. The number of fused-ring (bicyclic) bond motifs is 1. The highest BCUT2D eigenvalue weighted by molar-refractivity contribution is 14.1. The van der Waals surface area contributed by atoms with Crippen molar-refractivity contribution in [2.75, 3.05) is 6.61 Å². The summed E-state index contributed by atoms with van der Waals surface area (Å²) in [5.74, 6) is 0.0431. The molecule has 2 aliphatic carbocycles. The van der Waals surface area contributed by atoms with E-state index in [4.69, 9.17) is 9.72 Å². The van der Waals surface area contributed by atoms with Crippen molar-refractivity contribution in [1.29, 1.82) is 0 Å². The molecule has 0 bridgehead atoms. The number of ether oxygens (including phenoxy) is 1. The van der Waals surface area contributed by atoms with Crippen LogP contribution in [0.4, 0.5) is 0 Å². The topological polar surface area (TPSA) is 59.4 Å². The fraction of sp³-hybridized carbons (Fsp3) is 0.684. The number of aliphatic hydroxyl groups is 1. The van der Waals surface area contributed by atoms with Crippen molar-refractivity contribution in [3.8, 4) is 0 Å². The Balaban J connectivity index is 2.16. The van der Waals surface area contributed by atoms with Crippen LogP contribution in [0.3, 0.4) is 0 Å². The van der Waals surface area contributed by atoms with Crippen molar-refractivity contribution in [3.63, 3.8) is 0 Å². The van der Waals surface area contributed by atoms with Crippen LogP contribution >= 0.6 is 22.6 Å². The lowest BCUT2D eigenvalue weighted by molar-refractivity contribution is 0.0520. The summed E-state index contributed by atoms with van der Waals surface area (Å²) in [6.07, 6.45) is 5.53. The smallest absolute Gasteiger partial charge is 0.341 e. The van der Waals surface area contributed by atoms with Crippen molar-refractivity contribution < 1.29 is 14.6 Å². The number of hydrogen-bond donors (Lipinski definition) is 1. The minimum absolute atomic E-state index is 0.0287. The predicted molar refractivity (Wildman–Crippen MR) is 101 cm³/mol. The van der Waals surface area contributed by atoms with E-state index in [-0.39, 0.29) is 11.4 Å². The third kappa shape index (κ3) is 3.34. The Labute approximate surface area is 157 Å². The van der Waals surface area contributed by atoms with Crippen molar-refractivity contribution in [2.24, 2.45) is 5.41 Å². The first-order valence-corrected chi connectivity index (χ1v) is 9.99. The molecule has 2 aliphatic rings. The zero-order chi connectivity index (χ0) is 17.5. The summed E-state index contributed by atoms with van der Waals surface area (Å²) in [6.45, 7) is 6.51. The number of hydrogen-bond acceptors (Lipinski definition) is 4. The largest absolute Gasteiger partial charge is 0.462 e. The maximum absolute atomic E-state index is 12.6. The van der Waals surface area contributed by atoms with E-state index in [1.54, 1.807) is 0 Å². The quantitative estimate of drug-likeness (QED) is 0.551. The van der Waals surface area contributed by atoms with Crippen LogP contribution in [0.15, 0.2) is 0 Å². The van der Waals surface area contributed by atoms with Crippen LogP contribution in [0.2, 0.25) is 0 Å². The Bertz CT molecular complexity index is 651. The Morgan fingerprint density at radius 1 is 1.38 bits per heavy atom. The fourth-order valence-corrected chi connectivity index (χ4v) is 5.32. The molecule has 1 atom stereocenters. The molecule has 0 radical (unpaired) electrons. The molecule has 4 nitrogen and oxygen atoms in total. The number of carbonyl (C=O) groups is 1. The molecule has 0 amide bonds. The molecular formula is C19H26INO3. The van der Waals surface area contributed by atoms with Crippen LogP contribution in [0.5, 0.6) is 0 Å². The van der Waals surface area contributed by atoms with Crippen LogP contribution in [0.25, 0.3) is 0 Å². The molecule has 0 aromatic carbocycles. The molecule has 1 aromatic rings. The van der Waals surface area contributed by atoms with Gasteiger partial charge >= 0.3 is 5.97 Å². The van der Waals surface area contributed by atoms with Gasteiger partial charge in [0.15, 0.2) is 0 Å². The van der Waals surface area contributed by atoms with Gasteiger partial charge in [0.25, 0.3) is 0 Å². The lowest BCUT2D eigenvalue weighted by atomic mass is 9.74. The molecule has 1 unspecified atom stereocenters. The summed E-state index contributed by atoms with van der Waals surface area (Å²) in [5, 5.41) is 10.7. The molecular weight excluding hydrogens is 417 g/mol. The zero-order valence-corrected chi connectivity index (χ0v) is 16.9. The van der Waals surface area contributed by atoms with E-state index < -0.39 is 6.10 Å². The van der Waals surface area contributed by atoms with Gasteiger partial charge in [-0.05, 0) is 60.6 Å². The first-order chi connectivity index (χ1) is 11.3. The normalized spacial score (nSPS) is 23.1. The standard InChI is InChI=1S/C19H26INO3/c1-4-24-18(23)15-16(20)14-12(9-19(2,3)10-13(14)22)21-17(15)11-7-5-6-8-11/h11,13,22H,4-10H2,1-3H3. The van der Waals surface area contributed by atoms with Crippen LogP contribution in [-0.2, 0) is 11.2 Å². The monoisotopic (exact) mass is 443 g/mol. The van der Waals surface area contributed by atoms with Crippen LogP contribution in [0, 0.1) is 8.99 Å². The number of aliphatic hydroxyl groups excluding tert-OH is 1. The minimum Gasteiger partial charge on any atom is -0.462 e. The Hall–Kier alpha value is -0.690. The first kappa shape index (κ1) is 18.1. The number of pyridine rings is 1. The molecule has 1 saturated carbocycles. The molecule has 0 aliphatic heterocycles. The molecule has 1 aromatic heterocycles. The molecule has 1 N–H and O–H groups in total. The van der Waals surface area contributed by atoms with Crippen molar-refractivity contribution in [3.05, 3.63) is 26.1 Å². The van der Waals surface area contributed by atoms with Gasteiger partial charge in [0.1, 0.15) is 0 Å². The van der Waals surface area contributed by atoms with Gasteiger partial charge < -0.3 is 9.84 Å². The van der Waals surface area contributed by atoms with E-state index in [9.17, 15) is 9.90 Å². The number of esters is 1. The molecule has 3 rings (SSSR count). The van der Waals surface area contributed by atoms with Gasteiger partial charge in [0, 0.05) is 20.7 Å². The van der Waals surface area contributed by atoms with Crippen LogP contribution < -0.4 is 0 Å². The van der Waals surface area contributed by atoms with Gasteiger partial charge in [-0.15, -0.1) is 0 Å². The lowest BCUT2D eigenvalue weighted by Gasteiger charge is -2.35. The summed E-state index contributed by atoms with van der Waals surface area (Å²) in [6, 6.07) is 0. The predicted octanol–water partition coefficient (Wildman–Crippen LogP) is 4.53. The Morgan fingerprint density at radius 2 is 2.04 bits per heavy atom. The second-order valence-corrected chi connectivity index (χ2v) is 8.89. The van der Waals surface area contributed by atoms with Gasteiger partial charge in [-0.25, -0.2) is 4.79 Å². The maximum atomic E-state index is 12.6. The second kappa shape index (κ2) is 6.90. The maximum Gasteiger partial charge on any atom is 0.341 e. The molecule has 5 heteroatoms. The van der Waals surface area contributed by atoms with Crippen LogP contribution in [0.1, 0.15) is 92.2 Å². The minimum atomic E-state index is -0.561. The van der Waals surface area contributed by atoms with Gasteiger partial charge in [-0.3, -0.25) is 4.98 Å². The number of aromatic nitrogens is 1.